The Kier molecular flexibility index (Phi) is 8.02. The molecular formula is C18H27N5O3S2. The van der Waals surface area contributed by atoms with E-state index in [1.54, 1.807) is 25.5 Å². The van der Waals surface area contributed by atoms with Gasteiger partial charge in [0.15, 0.2) is 5.16 Å². The van der Waals surface area contributed by atoms with Crippen molar-refractivity contribution in [3.05, 3.63) is 30.6 Å². The zero-order valence-corrected chi connectivity index (χ0v) is 18.3. The topological polar surface area (TPSA) is 97.2 Å². The predicted octanol–water partition coefficient (Wildman–Crippen LogP) is 3.01. The molecule has 0 bridgehead atoms. The van der Waals surface area contributed by atoms with Gasteiger partial charge in [-0.15, -0.1) is 10.2 Å². The smallest absolute Gasteiger partial charge is 0.242 e. The van der Waals surface area contributed by atoms with Crippen LogP contribution in [0.15, 0.2) is 40.6 Å². The van der Waals surface area contributed by atoms with Crippen molar-refractivity contribution < 1.29 is 13.2 Å². The van der Waals surface area contributed by atoms with Crippen LogP contribution in [0.25, 0.3) is 0 Å². The minimum absolute atomic E-state index is 0.186. The lowest BCUT2D eigenvalue weighted by molar-refractivity contribution is -0.113. The number of rotatable bonds is 10. The summed E-state index contributed by atoms with van der Waals surface area (Å²) in [4.78, 5) is 12.4. The molecule has 154 valence electrons. The van der Waals surface area contributed by atoms with E-state index in [2.05, 4.69) is 15.5 Å². The van der Waals surface area contributed by atoms with Gasteiger partial charge in [0.25, 0.3) is 0 Å². The van der Waals surface area contributed by atoms with Crippen LogP contribution in [-0.4, -0.2) is 52.7 Å². The summed E-state index contributed by atoms with van der Waals surface area (Å²) in [6.07, 6.45) is 3.38. The van der Waals surface area contributed by atoms with Crippen molar-refractivity contribution in [3.8, 4) is 0 Å². The number of hydrogen-bond donors (Lipinski definition) is 1. The summed E-state index contributed by atoms with van der Waals surface area (Å²) in [7, 11) is -1.93. The molecule has 0 unspecified atom stereocenters. The molecule has 1 N–H and O–H groups in total. The van der Waals surface area contributed by atoms with E-state index in [9.17, 15) is 13.2 Å². The van der Waals surface area contributed by atoms with Crippen molar-refractivity contribution in [2.75, 3.05) is 24.7 Å². The summed E-state index contributed by atoms with van der Waals surface area (Å²) in [5.74, 6) is -0.00966. The fourth-order valence-corrected chi connectivity index (χ4v) is 4.46. The van der Waals surface area contributed by atoms with Crippen LogP contribution in [0.1, 0.15) is 39.7 Å². The van der Waals surface area contributed by atoms with Gasteiger partial charge in [-0.05, 0) is 44.5 Å². The third-order valence-electron chi connectivity index (χ3n) is 4.10. The molecule has 10 heteroatoms. The Morgan fingerprint density at radius 1 is 1.29 bits per heavy atom. The Morgan fingerprint density at radius 3 is 2.57 bits per heavy atom. The third kappa shape index (κ3) is 5.79. The van der Waals surface area contributed by atoms with E-state index < -0.39 is 10.0 Å². The molecule has 28 heavy (non-hydrogen) atoms. The largest absolute Gasteiger partial charge is 0.325 e. The van der Waals surface area contributed by atoms with Crippen LogP contribution in [0.5, 0.6) is 0 Å². The molecule has 2 rings (SSSR count). The van der Waals surface area contributed by atoms with Crippen molar-refractivity contribution in [1.82, 2.24) is 19.1 Å². The molecule has 1 heterocycles. The lowest BCUT2D eigenvalue weighted by atomic mass is 10.3. The fourth-order valence-electron chi connectivity index (χ4n) is 2.41. The second kappa shape index (κ2) is 10.0. The molecule has 2 aromatic rings. The van der Waals surface area contributed by atoms with Crippen molar-refractivity contribution in [3.63, 3.8) is 0 Å². The average Bonchev–Trinajstić information content (AvgIpc) is 3.13. The van der Waals surface area contributed by atoms with Gasteiger partial charge in [-0.3, -0.25) is 4.79 Å². The normalized spacial score (nSPS) is 11.9. The third-order valence-corrected chi connectivity index (χ3v) is 6.93. The van der Waals surface area contributed by atoms with E-state index in [4.69, 9.17) is 0 Å². The van der Waals surface area contributed by atoms with Crippen LogP contribution in [0.2, 0.25) is 0 Å². The Morgan fingerprint density at radius 2 is 1.96 bits per heavy atom. The minimum atomic E-state index is -3.51. The van der Waals surface area contributed by atoms with Gasteiger partial charge in [0, 0.05) is 25.3 Å². The summed E-state index contributed by atoms with van der Waals surface area (Å²) in [6, 6.07) is 6.43. The first-order valence-electron chi connectivity index (χ1n) is 9.14. The second-order valence-electron chi connectivity index (χ2n) is 6.66. The maximum atomic E-state index is 12.5. The quantitative estimate of drug-likeness (QED) is 0.588. The summed E-state index contributed by atoms with van der Waals surface area (Å²) in [5, 5.41) is 11.3. The molecule has 0 saturated carbocycles. The molecule has 1 aromatic heterocycles. The van der Waals surface area contributed by atoms with Gasteiger partial charge in [0.05, 0.1) is 10.6 Å². The molecule has 0 atom stereocenters. The minimum Gasteiger partial charge on any atom is -0.325 e. The first-order chi connectivity index (χ1) is 13.3. The number of anilines is 1. The van der Waals surface area contributed by atoms with Crippen LogP contribution in [0, 0.1) is 0 Å². The van der Waals surface area contributed by atoms with Crippen LogP contribution in [0.4, 0.5) is 5.69 Å². The van der Waals surface area contributed by atoms with E-state index in [0.717, 1.165) is 12.8 Å². The average molecular weight is 426 g/mol. The highest BCUT2D eigenvalue weighted by atomic mass is 32.2. The van der Waals surface area contributed by atoms with Gasteiger partial charge in [-0.2, -0.15) is 0 Å². The van der Waals surface area contributed by atoms with Crippen molar-refractivity contribution in [2.45, 2.75) is 49.7 Å². The number of amides is 1. The van der Waals surface area contributed by atoms with Crippen molar-refractivity contribution in [1.29, 1.82) is 0 Å². The number of sulfonamides is 1. The van der Waals surface area contributed by atoms with Crippen LogP contribution in [-0.2, 0) is 14.8 Å². The fraction of sp³-hybridized carbons (Fsp3) is 0.500. The Hall–Kier alpha value is -1.91. The van der Waals surface area contributed by atoms with E-state index in [-0.39, 0.29) is 22.6 Å². The van der Waals surface area contributed by atoms with Gasteiger partial charge in [-0.25, -0.2) is 12.7 Å². The first-order valence-corrected chi connectivity index (χ1v) is 11.6. The van der Waals surface area contributed by atoms with Crippen LogP contribution < -0.4 is 5.32 Å². The van der Waals surface area contributed by atoms with Crippen LogP contribution >= 0.6 is 11.8 Å². The molecule has 8 nitrogen and oxygen atoms in total. The number of benzene rings is 1. The lowest BCUT2D eigenvalue weighted by Gasteiger charge is -2.17. The maximum absolute atomic E-state index is 12.5. The number of aromatic nitrogens is 3. The maximum Gasteiger partial charge on any atom is 0.242 e. The zero-order chi connectivity index (χ0) is 20.7. The SMILES string of the molecule is CCCCN(C)S(=O)(=O)c1ccc(NC(=O)CSc2nncn2C(C)C)cc1. The van der Waals surface area contributed by atoms with E-state index in [1.165, 1.54) is 28.2 Å². The number of hydrogen-bond acceptors (Lipinski definition) is 6. The molecule has 0 spiro atoms. The monoisotopic (exact) mass is 425 g/mol. The van der Waals surface area contributed by atoms with E-state index in [1.807, 2.05) is 25.3 Å². The van der Waals surface area contributed by atoms with Gasteiger partial charge in [0.1, 0.15) is 6.33 Å². The van der Waals surface area contributed by atoms with Gasteiger partial charge < -0.3 is 9.88 Å². The van der Waals surface area contributed by atoms with E-state index in [0.29, 0.717) is 17.4 Å². The van der Waals surface area contributed by atoms with E-state index >= 15 is 0 Å². The molecule has 0 aliphatic rings. The van der Waals surface area contributed by atoms with Crippen molar-refractivity contribution in [2.24, 2.45) is 0 Å². The van der Waals surface area contributed by atoms with Crippen molar-refractivity contribution >= 4 is 33.4 Å². The van der Waals surface area contributed by atoms with Gasteiger partial charge in [-0.1, -0.05) is 25.1 Å². The second-order valence-corrected chi connectivity index (χ2v) is 9.64. The molecule has 0 aliphatic heterocycles. The number of nitrogens with one attached hydrogen (secondary N) is 1. The highest BCUT2D eigenvalue weighted by Gasteiger charge is 2.20. The summed E-state index contributed by atoms with van der Waals surface area (Å²) in [6.45, 7) is 6.53. The van der Waals surface area contributed by atoms with Gasteiger partial charge >= 0.3 is 0 Å². The number of unbranched alkanes of at least 4 members (excludes halogenated alkanes) is 1. The molecule has 0 saturated heterocycles. The lowest BCUT2D eigenvalue weighted by Crippen LogP contribution is -2.27. The molecule has 0 aliphatic carbocycles. The number of nitrogens with zero attached hydrogens (tertiary/aromatic N) is 4. The predicted molar refractivity (Wildman–Crippen MR) is 111 cm³/mol. The van der Waals surface area contributed by atoms with Crippen LogP contribution in [0.3, 0.4) is 0 Å². The standard InChI is InChI=1S/C18H27N5O3S2/c1-5-6-11-22(4)28(25,26)16-9-7-15(8-10-16)20-17(24)12-27-18-21-19-13-23(18)14(2)3/h7-10,13-14H,5-6,11-12H2,1-4H3,(H,20,24). The number of carbonyl (C=O) groups is 1. The molecule has 1 aromatic carbocycles. The van der Waals surface area contributed by atoms with Gasteiger partial charge in [0.2, 0.25) is 15.9 Å². The zero-order valence-electron chi connectivity index (χ0n) is 16.6. The summed E-state index contributed by atoms with van der Waals surface area (Å²) < 4.78 is 28.3. The number of carbonyl (C=O) groups excluding carboxylic acids is 1. The summed E-state index contributed by atoms with van der Waals surface area (Å²) >= 11 is 1.30. The Bertz CT molecular complexity index is 879. The molecule has 0 radical (unpaired) electrons. The molecule has 0 fully saturated rings. The first kappa shape index (κ1) is 22.4. The number of thioether (sulfide) groups is 1. The molecule has 1 amide bonds. The Labute approximate surface area is 170 Å². The highest BCUT2D eigenvalue weighted by molar-refractivity contribution is 7.99. The summed E-state index contributed by atoms with van der Waals surface area (Å²) in [5.41, 5.74) is 0.547. The molecular weight excluding hydrogens is 398 g/mol. The Balaban J connectivity index is 1.94. The highest BCUT2D eigenvalue weighted by Crippen LogP contribution is 2.20.